The van der Waals surface area contributed by atoms with E-state index in [4.69, 9.17) is 9.47 Å². The molecule has 0 spiro atoms. The van der Waals surface area contributed by atoms with E-state index >= 15 is 0 Å². The third-order valence-electron chi connectivity index (χ3n) is 2.00. The van der Waals surface area contributed by atoms with E-state index in [-0.39, 0.29) is 12.4 Å². The smallest absolute Gasteiger partial charge is 0.123 e. The molecule has 1 aromatic carbocycles. The highest BCUT2D eigenvalue weighted by Gasteiger charge is 2.05. The molecule has 0 saturated carbocycles. The molecule has 1 N–H and O–H groups in total. The predicted octanol–water partition coefficient (Wildman–Crippen LogP) is 1.94. The average molecular weight is 260 g/mol. The molecule has 1 rings (SSSR count). The van der Waals surface area contributed by atoms with Gasteiger partial charge in [-0.05, 0) is 24.3 Å². The summed E-state index contributed by atoms with van der Waals surface area (Å²) in [6.45, 7) is 1.30. The number of hydrogen-bond donors (Lipinski definition) is 1. The summed E-state index contributed by atoms with van der Waals surface area (Å²) in [4.78, 5) is 0.933. The van der Waals surface area contributed by atoms with Crippen LogP contribution in [0.2, 0.25) is 0 Å². The van der Waals surface area contributed by atoms with Crippen molar-refractivity contribution in [2.24, 2.45) is 0 Å². The van der Waals surface area contributed by atoms with Gasteiger partial charge in [-0.2, -0.15) is 0 Å². The first-order valence-electron chi connectivity index (χ1n) is 5.35. The lowest BCUT2D eigenvalue weighted by molar-refractivity contribution is 0.0218. The Balaban J connectivity index is 2.14. The molecule has 1 atom stereocenters. The summed E-state index contributed by atoms with van der Waals surface area (Å²) in [6, 6.07) is 6.20. The normalized spacial score (nSPS) is 12.6. The molecule has 0 saturated heterocycles. The first-order valence-corrected chi connectivity index (χ1v) is 6.34. The van der Waals surface area contributed by atoms with Crippen LogP contribution >= 0.6 is 11.8 Å². The number of hydrogen-bond acceptors (Lipinski definition) is 4. The summed E-state index contributed by atoms with van der Waals surface area (Å²) >= 11 is 1.47. The molecule has 0 radical (unpaired) electrons. The minimum atomic E-state index is -0.526. The maximum atomic E-state index is 12.6. The van der Waals surface area contributed by atoms with E-state index in [1.54, 1.807) is 19.2 Å². The van der Waals surface area contributed by atoms with Crippen molar-refractivity contribution < 1.29 is 19.0 Å². The van der Waals surface area contributed by atoms with Crippen LogP contribution in [-0.2, 0) is 9.47 Å². The van der Waals surface area contributed by atoms with Crippen molar-refractivity contribution in [1.82, 2.24) is 0 Å². The van der Waals surface area contributed by atoms with Gasteiger partial charge in [0.2, 0.25) is 0 Å². The van der Waals surface area contributed by atoms with Crippen molar-refractivity contribution in [3.05, 3.63) is 30.1 Å². The second kappa shape index (κ2) is 8.47. The SMILES string of the molecule is COCCOCC(O)CSc1ccc(F)cc1. The Kier molecular flexibility index (Phi) is 7.19. The number of halogens is 1. The molecule has 0 heterocycles. The molecule has 1 aromatic rings. The Hall–Kier alpha value is -0.620. The monoisotopic (exact) mass is 260 g/mol. The second-order valence-electron chi connectivity index (χ2n) is 3.49. The molecule has 3 nitrogen and oxygen atoms in total. The van der Waals surface area contributed by atoms with Crippen molar-refractivity contribution in [2.75, 3.05) is 32.7 Å². The van der Waals surface area contributed by atoms with Gasteiger partial charge in [-0.1, -0.05) is 0 Å². The van der Waals surface area contributed by atoms with Crippen molar-refractivity contribution in [2.45, 2.75) is 11.0 Å². The van der Waals surface area contributed by atoms with Crippen molar-refractivity contribution in [1.29, 1.82) is 0 Å². The number of rotatable bonds is 8. The quantitative estimate of drug-likeness (QED) is 0.573. The van der Waals surface area contributed by atoms with Gasteiger partial charge in [0.05, 0.1) is 25.9 Å². The van der Waals surface area contributed by atoms with E-state index in [1.165, 1.54) is 23.9 Å². The van der Waals surface area contributed by atoms with Gasteiger partial charge in [-0.3, -0.25) is 0 Å². The maximum absolute atomic E-state index is 12.6. The third kappa shape index (κ3) is 6.63. The Morgan fingerprint density at radius 3 is 2.65 bits per heavy atom. The number of aliphatic hydroxyl groups excluding tert-OH is 1. The summed E-state index contributed by atoms with van der Waals surface area (Å²) in [5, 5.41) is 9.60. The van der Waals surface area contributed by atoms with Crippen LogP contribution in [0.4, 0.5) is 4.39 Å². The van der Waals surface area contributed by atoms with E-state index in [0.29, 0.717) is 19.0 Å². The number of aliphatic hydroxyl groups is 1. The van der Waals surface area contributed by atoms with E-state index in [9.17, 15) is 9.50 Å². The summed E-state index contributed by atoms with van der Waals surface area (Å²) in [6.07, 6.45) is -0.526. The number of benzene rings is 1. The van der Waals surface area contributed by atoms with Crippen LogP contribution < -0.4 is 0 Å². The number of thioether (sulfide) groups is 1. The lowest BCUT2D eigenvalue weighted by atomic mass is 10.4. The van der Waals surface area contributed by atoms with Crippen molar-refractivity contribution in [3.8, 4) is 0 Å². The van der Waals surface area contributed by atoms with Crippen LogP contribution in [0.25, 0.3) is 0 Å². The molecular weight excluding hydrogens is 243 g/mol. The minimum Gasteiger partial charge on any atom is -0.390 e. The first-order chi connectivity index (χ1) is 8.22. The number of ether oxygens (including phenoxy) is 2. The van der Waals surface area contributed by atoms with Crippen LogP contribution in [0, 0.1) is 5.82 Å². The highest BCUT2D eigenvalue weighted by atomic mass is 32.2. The van der Waals surface area contributed by atoms with Gasteiger partial charge in [0.1, 0.15) is 5.82 Å². The van der Waals surface area contributed by atoms with E-state index < -0.39 is 6.10 Å². The van der Waals surface area contributed by atoms with Crippen LogP contribution in [0.5, 0.6) is 0 Å². The molecule has 96 valence electrons. The minimum absolute atomic E-state index is 0.252. The molecule has 0 aliphatic rings. The Labute approximate surface area is 105 Å². The Bertz CT molecular complexity index is 305. The fourth-order valence-corrected chi connectivity index (χ4v) is 1.94. The Morgan fingerprint density at radius 2 is 2.00 bits per heavy atom. The van der Waals surface area contributed by atoms with Gasteiger partial charge < -0.3 is 14.6 Å². The molecule has 0 fully saturated rings. The van der Waals surface area contributed by atoms with Gasteiger partial charge in [0.25, 0.3) is 0 Å². The number of methoxy groups -OCH3 is 1. The largest absolute Gasteiger partial charge is 0.390 e. The average Bonchev–Trinajstić information content (AvgIpc) is 2.34. The van der Waals surface area contributed by atoms with Crippen molar-refractivity contribution >= 4 is 11.8 Å². The standard InChI is InChI=1S/C12H17FO3S/c1-15-6-7-16-8-11(14)9-17-12-4-2-10(13)3-5-12/h2-5,11,14H,6-9H2,1H3. The summed E-state index contributed by atoms with van der Waals surface area (Å²) in [7, 11) is 1.60. The van der Waals surface area contributed by atoms with Gasteiger partial charge in [-0.25, -0.2) is 4.39 Å². The van der Waals surface area contributed by atoms with E-state index in [1.807, 2.05) is 0 Å². The molecule has 0 amide bonds. The Morgan fingerprint density at radius 1 is 1.29 bits per heavy atom. The highest BCUT2D eigenvalue weighted by Crippen LogP contribution is 2.18. The molecule has 5 heteroatoms. The van der Waals surface area contributed by atoms with E-state index in [0.717, 1.165) is 4.90 Å². The third-order valence-corrected chi connectivity index (χ3v) is 3.15. The molecule has 17 heavy (non-hydrogen) atoms. The van der Waals surface area contributed by atoms with Gasteiger partial charge in [0.15, 0.2) is 0 Å². The lowest BCUT2D eigenvalue weighted by Gasteiger charge is -2.10. The van der Waals surface area contributed by atoms with Crippen LogP contribution in [0.3, 0.4) is 0 Å². The van der Waals surface area contributed by atoms with Gasteiger partial charge >= 0.3 is 0 Å². The van der Waals surface area contributed by atoms with Gasteiger partial charge in [0, 0.05) is 17.8 Å². The highest BCUT2D eigenvalue weighted by molar-refractivity contribution is 7.99. The van der Waals surface area contributed by atoms with Crippen molar-refractivity contribution in [3.63, 3.8) is 0 Å². The molecule has 0 aliphatic heterocycles. The summed E-state index contributed by atoms with van der Waals surface area (Å²) in [5.41, 5.74) is 0. The molecule has 0 aromatic heterocycles. The fourth-order valence-electron chi connectivity index (χ4n) is 1.13. The van der Waals surface area contributed by atoms with Crippen LogP contribution in [0.15, 0.2) is 29.2 Å². The molecular formula is C12H17FO3S. The zero-order valence-corrected chi connectivity index (χ0v) is 10.6. The fraction of sp³-hybridized carbons (Fsp3) is 0.500. The van der Waals surface area contributed by atoms with Crippen LogP contribution in [0.1, 0.15) is 0 Å². The summed E-state index contributed by atoms with van der Waals surface area (Å²) < 4.78 is 22.6. The predicted molar refractivity (Wildman–Crippen MR) is 65.8 cm³/mol. The van der Waals surface area contributed by atoms with Gasteiger partial charge in [-0.15, -0.1) is 11.8 Å². The molecule has 0 aliphatic carbocycles. The molecule has 0 bridgehead atoms. The maximum Gasteiger partial charge on any atom is 0.123 e. The zero-order chi connectivity index (χ0) is 12.5. The topological polar surface area (TPSA) is 38.7 Å². The lowest BCUT2D eigenvalue weighted by Crippen LogP contribution is -2.19. The second-order valence-corrected chi connectivity index (χ2v) is 4.58. The first kappa shape index (κ1) is 14.4. The van der Waals surface area contributed by atoms with E-state index in [2.05, 4.69) is 0 Å². The van der Waals surface area contributed by atoms with Crippen LogP contribution in [-0.4, -0.2) is 43.9 Å². The zero-order valence-electron chi connectivity index (χ0n) is 9.77. The summed E-state index contributed by atoms with van der Waals surface area (Å²) in [5.74, 6) is 0.274. The molecule has 1 unspecified atom stereocenters.